The van der Waals surface area contributed by atoms with Gasteiger partial charge in [-0.15, -0.1) is 0 Å². The Bertz CT molecular complexity index is 428. The van der Waals surface area contributed by atoms with Crippen molar-refractivity contribution in [2.45, 2.75) is 33.2 Å². The molecule has 130 valence electrons. The van der Waals surface area contributed by atoms with Crippen LogP contribution in [0.1, 0.15) is 27.2 Å². The molecule has 0 fully saturated rings. The van der Waals surface area contributed by atoms with E-state index in [1.165, 1.54) is 11.9 Å². The zero-order valence-electron chi connectivity index (χ0n) is 14.0. The quantitative estimate of drug-likeness (QED) is 0.324. The van der Waals surface area contributed by atoms with Gasteiger partial charge in [0.2, 0.25) is 0 Å². The van der Waals surface area contributed by atoms with E-state index >= 15 is 0 Å². The predicted octanol–water partition coefficient (Wildman–Crippen LogP) is 0.506. The van der Waals surface area contributed by atoms with Gasteiger partial charge in [-0.3, -0.25) is 14.5 Å². The third kappa shape index (κ3) is 7.10. The molecule has 0 radical (unpaired) electrons. The van der Waals surface area contributed by atoms with Gasteiger partial charge in [0.05, 0.1) is 25.9 Å². The van der Waals surface area contributed by atoms with E-state index in [1.807, 2.05) is 6.07 Å². The highest BCUT2D eigenvalue weighted by atomic mass is 16.6. The fraction of sp³-hybridized carbons (Fsp3) is 0.733. The third-order valence-electron chi connectivity index (χ3n) is 2.99. The van der Waals surface area contributed by atoms with Gasteiger partial charge in [0, 0.05) is 6.54 Å². The van der Waals surface area contributed by atoms with Gasteiger partial charge in [-0.1, -0.05) is 0 Å². The molecule has 0 aliphatic carbocycles. The molecule has 0 N–H and O–H groups in total. The lowest BCUT2D eigenvalue weighted by atomic mass is 10.1. The molecule has 8 nitrogen and oxygen atoms in total. The number of esters is 3. The molecule has 0 aromatic heterocycles. The van der Waals surface area contributed by atoms with E-state index in [4.69, 9.17) is 19.5 Å². The van der Waals surface area contributed by atoms with Crippen molar-refractivity contribution in [3.63, 3.8) is 0 Å². The molecule has 23 heavy (non-hydrogen) atoms. The van der Waals surface area contributed by atoms with E-state index < -0.39 is 29.9 Å². The van der Waals surface area contributed by atoms with Gasteiger partial charge in [0.25, 0.3) is 0 Å². The van der Waals surface area contributed by atoms with Crippen LogP contribution in [-0.4, -0.2) is 62.3 Å². The van der Waals surface area contributed by atoms with E-state index in [2.05, 4.69) is 0 Å². The Morgan fingerprint density at radius 3 is 1.78 bits per heavy atom. The molecule has 0 rings (SSSR count). The Balaban J connectivity index is 4.82. The van der Waals surface area contributed by atoms with Crippen LogP contribution in [0.5, 0.6) is 0 Å². The van der Waals surface area contributed by atoms with Crippen molar-refractivity contribution in [2.24, 2.45) is 5.92 Å². The molecule has 0 amide bonds. The molecule has 1 atom stereocenters. The monoisotopic (exact) mass is 328 g/mol. The van der Waals surface area contributed by atoms with Crippen LogP contribution >= 0.6 is 0 Å². The van der Waals surface area contributed by atoms with Crippen LogP contribution in [0, 0.1) is 17.2 Å². The number of nitrogens with zero attached hydrogens (tertiary/aromatic N) is 2. The first-order valence-corrected chi connectivity index (χ1v) is 7.52. The molecule has 0 spiro atoms. The van der Waals surface area contributed by atoms with Crippen molar-refractivity contribution in [2.75, 3.05) is 33.4 Å². The predicted molar refractivity (Wildman–Crippen MR) is 80.0 cm³/mol. The molecule has 0 aromatic rings. The molecular formula is C15H24N2O6. The van der Waals surface area contributed by atoms with E-state index in [-0.39, 0.29) is 32.8 Å². The van der Waals surface area contributed by atoms with Gasteiger partial charge in [0.15, 0.2) is 12.0 Å². The molecule has 0 heterocycles. The highest BCUT2D eigenvalue weighted by Gasteiger charge is 2.31. The first-order chi connectivity index (χ1) is 10.9. The lowest BCUT2D eigenvalue weighted by Gasteiger charge is -2.22. The fourth-order valence-electron chi connectivity index (χ4n) is 1.83. The Morgan fingerprint density at radius 2 is 1.39 bits per heavy atom. The summed E-state index contributed by atoms with van der Waals surface area (Å²) in [5.74, 6) is -3.10. The zero-order chi connectivity index (χ0) is 17.8. The third-order valence-corrected chi connectivity index (χ3v) is 2.99. The highest BCUT2D eigenvalue weighted by molar-refractivity contribution is 5.94. The number of hydrogen-bond donors (Lipinski definition) is 0. The number of likely N-dealkylation sites (N-methyl/N-ethyl adjacent to an activating group) is 1. The summed E-state index contributed by atoms with van der Waals surface area (Å²) in [6.07, 6.45) is 0.0752. The van der Waals surface area contributed by atoms with Crippen molar-refractivity contribution < 1.29 is 28.6 Å². The number of rotatable bonds is 10. The molecule has 0 saturated carbocycles. The van der Waals surface area contributed by atoms with Crippen molar-refractivity contribution in [3.8, 4) is 6.07 Å². The SMILES string of the molecule is CCOC(=O)C(CCN(C)C(C#N)C(=O)OCC)C(=O)OCC. The minimum Gasteiger partial charge on any atom is -0.465 e. The van der Waals surface area contributed by atoms with Gasteiger partial charge in [-0.05, 0) is 34.2 Å². The molecule has 0 aliphatic rings. The van der Waals surface area contributed by atoms with E-state index in [0.29, 0.717) is 0 Å². The van der Waals surface area contributed by atoms with Crippen molar-refractivity contribution in [3.05, 3.63) is 0 Å². The smallest absolute Gasteiger partial charge is 0.338 e. The second kappa shape index (κ2) is 11.4. The minimum atomic E-state index is -1.10. The molecule has 8 heteroatoms. The van der Waals surface area contributed by atoms with E-state index in [9.17, 15) is 14.4 Å². The van der Waals surface area contributed by atoms with Gasteiger partial charge in [0.1, 0.15) is 0 Å². The molecule has 0 aromatic carbocycles. The van der Waals surface area contributed by atoms with Crippen LogP contribution in [-0.2, 0) is 28.6 Å². The number of nitriles is 1. The topological polar surface area (TPSA) is 106 Å². The molecule has 0 aliphatic heterocycles. The molecule has 0 bridgehead atoms. The van der Waals surface area contributed by atoms with Crippen LogP contribution in [0.25, 0.3) is 0 Å². The van der Waals surface area contributed by atoms with Gasteiger partial charge >= 0.3 is 17.9 Å². The fourth-order valence-corrected chi connectivity index (χ4v) is 1.83. The van der Waals surface area contributed by atoms with E-state index in [0.717, 1.165) is 0 Å². The van der Waals surface area contributed by atoms with Crippen molar-refractivity contribution in [1.29, 1.82) is 5.26 Å². The number of carbonyl (C=O) groups excluding carboxylic acids is 3. The zero-order valence-corrected chi connectivity index (χ0v) is 14.0. The average Bonchev–Trinajstić information content (AvgIpc) is 2.49. The summed E-state index contributed by atoms with van der Waals surface area (Å²) in [4.78, 5) is 36.8. The first-order valence-electron chi connectivity index (χ1n) is 7.52. The highest BCUT2D eigenvalue weighted by Crippen LogP contribution is 2.11. The van der Waals surface area contributed by atoms with Crippen LogP contribution in [0.4, 0.5) is 0 Å². The maximum atomic E-state index is 11.8. The Kier molecular flexibility index (Phi) is 10.4. The second-order valence-electron chi connectivity index (χ2n) is 4.61. The lowest BCUT2D eigenvalue weighted by molar-refractivity contribution is -0.162. The van der Waals surface area contributed by atoms with Gasteiger partial charge < -0.3 is 14.2 Å². The number of ether oxygens (including phenoxy) is 3. The first kappa shape index (κ1) is 20.9. The Hall–Kier alpha value is -2.14. The summed E-state index contributed by atoms with van der Waals surface area (Å²) in [6.45, 7) is 5.53. The molecule has 0 saturated heterocycles. The van der Waals surface area contributed by atoms with E-state index in [1.54, 1.807) is 20.8 Å². The summed E-state index contributed by atoms with van der Waals surface area (Å²) in [6, 6.07) is 0.741. The maximum absolute atomic E-state index is 11.8. The van der Waals surface area contributed by atoms with Gasteiger partial charge in [-0.2, -0.15) is 5.26 Å². The summed E-state index contributed by atoms with van der Waals surface area (Å²) in [7, 11) is 1.54. The summed E-state index contributed by atoms with van der Waals surface area (Å²) in [5.41, 5.74) is 0. The lowest BCUT2D eigenvalue weighted by Crippen LogP contribution is -2.41. The number of carbonyl (C=O) groups is 3. The van der Waals surface area contributed by atoms with Crippen molar-refractivity contribution in [1.82, 2.24) is 4.90 Å². The van der Waals surface area contributed by atoms with Crippen molar-refractivity contribution >= 4 is 17.9 Å². The maximum Gasteiger partial charge on any atom is 0.338 e. The summed E-state index contributed by atoms with van der Waals surface area (Å²) in [5, 5.41) is 9.07. The molecular weight excluding hydrogens is 304 g/mol. The average molecular weight is 328 g/mol. The largest absolute Gasteiger partial charge is 0.465 e. The summed E-state index contributed by atoms with van der Waals surface area (Å²) < 4.78 is 14.5. The number of hydrogen-bond acceptors (Lipinski definition) is 8. The van der Waals surface area contributed by atoms with Crippen LogP contribution in [0.15, 0.2) is 0 Å². The van der Waals surface area contributed by atoms with Gasteiger partial charge in [-0.25, -0.2) is 4.79 Å². The van der Waals surface area contributed by atoms with Crippen LogP contribution < -0.4 is 0 Å². The standard InChI is InChI=1S/C15H24N2O6/c1-5-21-13(18)11(14(19)22-6-2)8-9-17(4)12(10-16)15(20)23-7-3/h11-12H,5-9H2,1-4H3. The second-order valence-corrected chi connectivity index (χ2v) is 4.61. The normalized spacial score (nSPS) is 11.7. The van der Waals surface area contributed by atoms with Crippen LogP contribution in [0.3, 0.4) is 0 Å². The Labute approximate surface area is 136 Å². The Morgan fingerprint density at radius 1 is 0.957 bits per heavy atom. The minimum absolute atomic E-state index is 0.0752. The molecule has 1 unspecified atom stereocenters. The summed E-state index contributed by atoms with van der Waals surface area (Å²) >= 11 is 0. The van der Waals surface area contributed by atoms with Crippen LogP contribution in [0.2, 0.25) is 0 Å².